The average molecular weight is 241 g/mol. The quantitative estimate of drug-likeness (QED) is 0.660. The maximum absolute atomic E-state index is 11.5. The third-order valence-electron chi connectivity index (χ3n) is 2.36. The number of carbonyl (C=O) groups excluding carboxylic acids is 2. The van der Waals surface area contributed by atoms with Gasteiger partial charge in [0.1, 0.15) is 5.69 Å². The van der Waals surface area contributed by atoms with Crippen molar-refractivity contribution >= 4 is 23.2 Å². The molecule has 0 atom stereocenters. The third kappa shape index (κ3) is 2.37. The maximum Gasteiger partial charge on any atom is 0.280 e. The zero-order valence-electron chi connectivity index (χ0n) is 8.40. The van der Waals surface area contributed by atoms with Gasteiger partial charge in [-0.15, -0.1) is 11.3 Å². The molecule has 1 heterocycles. The van der Waals surface area contributed by atoms with Gasteiger partial charge >= 0.3 is 0 Å². The van der Waals surface area contributed by atoms with E-state index in [1.807, 2.05) is 0 Å². The molecule has 6 nitrogen and oxygen atoms in total. The van der Waals surface area contributed by atoms with E-state index in [2.05, 4.69) is 10.3 Å². The van der Waals surface area contributed by atoms with Crippen molar-refractivity contribution in [1.29, 1.82) is 0 Å². The van der Waals surface area contributed by atoms with Gasteiger partial charge in [0.2, 0.25) is 0 Å². The Morgan fingerprint density at radius 1 is 1.62 bits per heavy atom. The lowest BCUT2D eigenvalue weighted by molar-refractivity contribution is 0.0895. The molecule has 0 spiro atoms. The summed E-state index contributed by atoms with van der Waals surface area (Å²) >= 11 is 1.05. The van der Waals surface area contributed by atoms with Crippen LogP contribution in [0, 0.1) is 0 Å². The summed E-state index contributed by atoms with van der Waals surface area (Å²) in [5.74, 6) is -1.05. The smallest absolute Gasteiger partial charge is 0.280 e. The second kappa shape index (κ2) is 3.84. The molecule has 1 aromatic heterocycles. The Balaban J connectivity index is 1.95. The largest absolute Gasteiger partial charge is 0.388 e. The molecule has 86 valence electrons. The molecule has 0 aliphatic heterocycles. The zero-order chi connectivity index (χ0) is 11.8. The van der Waals surface area contributed by atoms with Crippen molar-refractivity contribution in [3.8, 4) is 0 Å². The molecule has 2 rings (SSSR count). The van der Waals surface area contributed by atoms with E-state index in [1.54, 1.807) is 0 Å². The first kappa shape index (κ1) is 11.0. The molecule has 1 saturated carbocycles. The average Bonchev–Trinajstić information content (AvgIpc) is 2.81. The van der Waals surface area contributed by atoms with E-state index in [1.165, 1.54) is 5.38 Å². The summed E-state index contributed by atoms with van der Waals surface area (Å²) < 4.78 is 0. The highest BCUT2D eigenvalue weighted by Gasteiger charge is 2.40. The van der Waals surface area contributed by atoms with Crippen LogP contribution in [0.25, 0.3) is 0 Å². The van der Waals surface area contributed by atoms with E-state index < -0.39 is 17.4 Å². The molecular formula is C9H11N3O3S. The fourth-order valence-electron chi connectivity index (χ4n) is 1.13. The summed E-state index contributed by atoms with van der Waals surface area (Å²) in [6.07, 6.45) is 1.41. The normalized spacial score (nSPS) is 16.8. The molecule has 0 aromatic carbocycles. The minimum atomic E-state index is -0.737. The molecule has 0 saturated heterocycles. The number of carbonyl (C=O) groups is 2. The first-order valence-electron chi connectivity index (χ1n) is 4.76. The number of hydrogen-bond donors (Lipinski definition) is 3. The first-order chi connectivity index (χ1) is 7.50. The van der Waals surface area contributed by atoms with Crippen molar-refractivity contribution < 1.29 is 14.7 Å². The van der Waals surface area contributed by atoms with E-state index in [-0.39, 0.29) is 17.2 Å². The molecule has 0 bridgehead atoms. The minimum Gasteiger partial charge on any atom is -0.388 e. The van der Waals surface area contributed by atoms with Crippen LogP contribution in [-0.4, -0.2) is 34.1 Å². The van der Waals surface area contributed by atoms with Gasteiger partial charge in [-0.1, -0.05) is 0 Å². The fourth-order valence-corrected chi connectivity index (χ4v) is 1.86. The molecule has 1 fully saturated rings. The van der Waals surface area contributed by atoms with Crippen molar-refractivity contribution in [2.75, 3.05) is 6.54 Å². The van der Waals surface area contributed by atoms with E-state index in [4.69, 9.17) is 5.73 Å². The number of aromatic nitrogens is 1. The van der Waals surface area contributed by atoms with Gasteiger partial charge in [-0.05, 0) is 12.8 Å². The highest BCUT2D eigenvalue weighted by atomic mass is 32.1. The molecule has 16 heavy (non-hydrogen) atoms. The lowest BCUT2D eigenvalue weighted by Crippen LogP contribution is -2.33. The highest BCUT2D eigenvalue weighted by molar-refractivity contribution is 7.11. The maximum atomic E-state index is 11.5. The van der Waals surface area contributed by atoms with Crippen LogP contribution in [-0.2, 0) is 0 Å². The number of thiazole rings is 1. The third-order valence-corrected chi connectivity index (χ3v) is 3.20. The highest BCUT2D eigenvalue weighted by Crippen LogP contribution is 2.33. The molecule has 1 aliphatic carbocycles. The molecular weight excluding hydrogens is 230 g/mol. The molecule has 2 amide bonds. The van der Waals surface area contributed by atoms with Crippen LogP contribution in [0.5, 0.6) is 0 Å². The second-order valence-electron chi connectivity index (χ2n) is 3.81. The monoisotopic (exact) mass is 241 g/mol. The molecule has 0 unspecified atom stereocenters. The van der Waals surface area contributed by atoms with Crippen molar-refractivity contribution in [2.45, 2.75) is 18.4 Å². The number of nitrogens with one attached hydrogen (secondary N) is 1. The van der Waals surface area contributed by atoms with Gasteiger partial charge in [0.15, 0.2) is 5.01 Å². The number of nitrogens with zero attached hydrogens (tertiary/aromatic N) is 1. The van der Waals surface area contributed by atoms with E-state index in [0.717, 1.165) is 11.3 Å². The van der Waals surface area contributed by atoms with Crippen LogP contribution in [0.15, 0.2) is 5.38 Å². The Kier molecular flexibility index (Phi) is 2.64. The van der Waals surface area contributed by atoms with Crippen LogP contribution in [0.2, 0.25) is 0 Å². The van der Waals surface area contributed by atoms with Crippen LogP contribution < -0.4 is 11.1 Å². The summed E-state index contributed by atoms with van der Waals surface area (Å²) in [6.45, 7) is 0.220. The van der Waals surface area contributed by atoms with Crippen molar-refractivity contribution in [3.63, 3.8) is 0 Å². The standard InChI is InChI=1S/C9H11N3O3S/c10-6(13)5-3-16-8(12-5)7(14)11-4-9(15)1-2-9/h3,15H,1-2,4H2,(H2,10,13)(H,11,14). The van der Waals surface area contributed by atoms with Gasteiger partial charge in [0.05, 0.1) is 5.60 Å². The van der Waals surface area contributed by atoms with Gasteiger partial charge in [0, 0.05) is 11.9 Å². The Bertz CT molecular complexity index is 439. The minimum absolute atomic E-state index is 0.0836. The summed E-state index contributed by atoms with van der Waals surface area (Å²) in [6, 6.07) is 0. The van der Waals surface area contributed by atoms with Crippen molar-refractivity contribution in [3.05, 3.63) is 16.1 Å². The number of aliphatic hydroxyl groups is 1. The number of primary amides is 1. The SMILES string of the molecule is NC(=O)c1csc(C(=O)NCC2(O)CC2)n1. The summed E-state index contributed by atoms with van der Waals surface area (Å²) in [5.41, 5.74) is 4.36. The topological polar surface area (TPSA) is 105 Å². The molecule has 0 radical (unpaired) electrons. The van der Waals surface area contributed by atoms with Crippen LogP contribution in [0.3, 0.4) is 0 Å². The van der Waals surface area contributed by atoms with Gasteiger partial charge in [-0.25, -0.2) is 4.98 Å². The van der Waals surface area contributed by atoms with Gasteiger partial charge < -0.3 is 16.2 Å². The lowest BCUT2D eigenvalue weighted by atomic mass is 10.3. The number of rotatable bonds is 4. The molecule has 1 aromatic rings. The summed E-state index contributed by atoms with van der Waals surface area (Å²) in [4.78, 5) is 26.1. The summed E-state index contributed by atoms with van der Waals surface area (Å²) in [5, 5.41) is 13.7. The first-order valence-corrected chi connectivity index (χ1v) is 5.64. The van der Waals surface area contributed by atoms with Gasteiger partial charge in [-0.2, -0.15) is 0 Å². The van der Waals surface area contributed by atoms with E-state index >= 15 is 0 Å². The summed E-state index contributed by atoms with van der Waals surface area (Å²) in [7, 11) is 0. The number of amides is 2. The second-order valence-corrected chi connectivity index (χ2v) is 4.67. The molecule has 4 N–H and O–H groups in total. The molecule has 1 aliphatic rings. The Hall–Kier alpha value is -1.47. The predicted molar refractivity (Wildman–Crippen MR) is 57.1 cm³/mol. The van der Waals surface area contributed by atoms with Crippen molar-refractivity contribution in [2.24, 2.45) is 5.73 Å². The van der Waals surface area contributed by atoms with E-state index in [9.17, 15) is 14.7 Å². The van der Waals surface area contributed by atoms with Gasteiger partial charge in [-0.3, -0.25) is 9.59 Å². The zero-order valence-corrected chi connectivity index (χ0v) is 9.21. The number of nitrogens with two attached hydrogens (primary N) is 1. The Morgan fingerprint density at radius 2 is 2.31 bits per heavy atom. The van der Waals surface area contributed by atoms with E-state index in [0.29, 0.717) is 12.8 Å². The van der Waals surface area contributed by atoms with Crippen LogP contribution >= 0.6 is 11.3 Å². The van der Waals surface area contributed by atoms with Gasteiger partial charge in [0.25, 0.3) is 11.8 Å². The Morgan fingerprint density at radius 3 is 2.81 bits per heavy atom. The predicted octanol–water partition coefficient (Wildman–Crippen LogP) is -0.503. The van der Waals surface area contributed by atoms with Crippen molar-refractivity contribution in [1.82, 2.24) is 10.3 Å². The Labute approximate surface area is 95.5 Å². The van der Waals surface area contributed by atoms with Crippen LogP contribution in [0.1, 0.15) is 33.1 Å². The molecule has 7 heteroatoms. The fraction of sp³-hybridized carbons (Fsp3) is 0.444. The number of hydrogen-bond acceptors (Lipinski definition) is 5. The van der Waals surface area contributed by atoms with Crippen LogP contribution in [0.4, 0.5) is 0 Å². The lowest BCUT2D eigenvalue weighted by Gasteiger charge is -2.07.